The summed E-state index contributed by atoms with van der Waals surface area (Å²) < 4.78 is 26.7. The van der Waals surface area contributed by atoms with E-state index in [1.54, 1.807) is 0 Å². The highest BCUT2D eigenvalue weighted by atomic mass is 35.5. The molecule has 2 aromatic carbocycles. The van der Waals surface area contributed by atoms with Crippen molar-refractivity contribution in [2.24, 2.45) is 0 Å². The third kappa shape index (κ3) is 4.10. The zero-order chi connectivity index (χ0) is 19.6. The zero-order valence-electron chi connectivity index (χ0n) is 14.1. The second kappa shape index (κ2) is 7.63. The van der Waals surface area contributed by atoms with E-state index in [4.69, 9.17) is 11.6 Å². The highest BCUT2D eigenvalue weighted by Crippen LogP contribution is 2.21. The number of halogens is 1. The van der Waals surface area contributed by atoms with Gasteiger partial charge in [-0.15, -0.1) is 0 Å². The molecule has 0 saturated carbocycles. The van der Waals surface area contributed by atoms with Gasteiger partial charge in [0.1, 0.15) is 0 Å². The normalized spacial score (nSPS) is 15.5. The fourth-order valence-corrected chi connectivity index (χ4v) is 4.37. The van der Waals surface area contributed by atoms with Crippen molar-refractivity contribution in [2.75, 3.05) is 26.2 Å². The van der Waals surface area contributed by atoms with Crippen LogP contribution < -0.4 is 0 Å². The van der Waals surface area contributed by atoms with Crippen molar-refractivity contribution in [3.8, 4) is 0 Å². The van der Waals surface area contributed by atoms with Gasteiger partial charge in [-0.2, -0.15) is 4.31 Å². The highest BCUT2D eigenvalue weighted by molar-refractivity contribution is 7.89. The van der Waals surface area contributed by atoms with Crippen molar-refractivity contribution >= 4 is 33.2 Å². The van der Waals surface area contributed by atoms with Crippen molar-refractivity contribution < 1.29 is 18.1 Å². The van der Waals surface area contributed by atoms with E-state index in [9.17, 15) is 23.3 Å². The van der Waals surface area contributed by atoms with Gasteiger partial charge in [0.05, 0.1) is 9.82 Å². The number of benzene rings is 2. The molecule has 0 spiro atoms. The molecule has 0 radical (unpaired) electrons. The molecule has 0 bridgehead atoms. The van der Waals surface area contributed by atoms with E-state index in [0.717, 1.165) is 0 Å². The summed E-state index contributed by atoms with van der Waals surface area (Å²) in [6, 6.07) is 11.4. The molecule has 0 atom stereocenters. The summed E-state index contributed by atoms with van der Waals surface area (Å²) >= 11 is 5.80. The minimum Gasteiger partial charge on any atom is -0.336 e. The van der Waals surface area contributed by atoms with Crippen LogP contribution in [0.2, 0.25) is 5.02 Å². The van der Waals surface area contributed by atoms with Crippen molar-refractivity contribution in [3.05, 3.63) is 69.2 Å². The standard InChI is InChI=1S/C17H16ClN3O5S/c18-14-4-6-16(7-5-14)27(25,26)20-10-8-19(9-11-20)17(22)13-2-1-3-15(12-13)21(23)24/h1-7,12H,8-11H2. The maximum absolute atomic E-state index is 12.7. The lowest BCUT2D eigenvalue weighted by molar-refractivity contribution is -0.384. The minimum absolute atomic E-state index is 0.144. The summed E-state index contributed by atoms with van der Waals surface area (Å²) in [6.45, 7) is 0.694. The van der Waals surface area contributed by atoms with Gasteiger partial charge in [-0.25, -0.2) is 8.42 Å². The summed E-state index contributed by atoms with van der Waals surface area (Å²) in [6.07, 6.45) is 0. The molecule has 2 aromatic rings. The molecule has 1 saturated heterocycles. The third-order valence-corrected chi connectivity index (χ3v) is 6.45. The van der Waals surface area contributed by atoms with Crippen LogP contribution in [0.25, 0.3) is 0 Å². The van der Waals surface area contributed by atoms with Gasteiger partial charge >= 0.3 is 0 Å². The fraction of sp³-hybridized carbons (Fsp3) is 0.235. The molecule has 0 aliphatic carbocycles. The van der Waals surface area contributed by atoms with Crippen LogP contribution >= 0.6 is 11.6 Å². The molecule has 0 aromatic heterocycles. The van der Waals surface area contributed by atoms with Gasteiger partial charge in [0.25, 0.3) is 11.6 Å². The van der Waals surface area contributed by atoms with E-state index >= 15 is 0 Å². The van der Waals surface area contributed by atoms with E-state index in [0.29, 0.717) is 5.02 Å². The van der Waals surface area contributed by atoms with Gasteiger partial charge in [-0.3, -0.25) is 14.9 Å². The summed E-state index contributed by atoms with van der Waals surface area (Å²) in [7, 11) is -3.66. The Balaban J connectivity index is 1.69. The first kappa shape index (κ1) is 19.3. The molecule has 142 valence electrons. The number of nitro benzene ring substituents is 1. The largest absolute Gasteiger partial charge is 0.336 e. The SMILES string of the molecule is O=C(c1cccc([N+](=O)[O-])c1)N1CCN(S(=O)(=O)c2ccc(Cl)cc2)CC1. The van der Waals surface area contributed by atoms with Crippen LogP contribution in [-0.2, 0) is 10.0 Å². The number of sulfonamides is 1. The first-order valence-electron chi connectivity index (χ1n) is 8.08. The smallest absolute Gasteiger partial charge is 0.270 e. The Labute approximate surface area is 161 Å². The van der Waals surface area contributed by atoms with Gasteiger partial charge in [0.15, 0.2) is 0 Å². The first-order chi connectivity index (χ1) is 12.8. The summed E-state index contributed by atoms with van der Waals surface area (Å²) in [5, 5.41) is 11.3. The number of carbonyl (C=O) groups excluding carboxylic acids is 1. The molecule has 0 N–H and O–H groups in total. The lowest BCUT2D eigenvalue weighted by atomic mass is 10.1. The van der Waals surface area contributed by atoms with Crippen LogP contribution in [0.5, 0.6) is 0 Å². The van der Waals surface area contributed by atoms with Crippen molar-refractivity contribution in [2.45, 2.75) is 4.90 Å². The van der Waals surface area contributed by atoms with E-state index in [1.165, 1.54) is 57.7 Å². The number of carbonyl (C=O) groups is 1. The topological polar surface area (TPSA) is 101 Å². The van der Waals surface area contributed by atoms with Crippen LogP contribution in [0.15, 0.2) is 53.4 Å². The Morgan fingerprint density at radius 2 is 1.67 bits per heavy atom. The maximum Gasteiger partial charge on any atom is 0.270 e. The van der Waals surface area contributed by atoms with Gasteiger partial charge < -0.3 is 4.90 Å². The van der Waals surface area contributed by atoms with E-state index < -0.39 is 14.9 Å². The summed E-state index contributed by atoms with van der Waals surface area (Å²) in [5.74, 6) is -0.359. The predicted octanol–water partition coefficient (Wildman–Crippen LogP) is 2.39. The molecule has 8 nitrogen and oxygen atoms in total. The average Bonchev–Trinajstić information content (AvgIpc) is 2.68. The highest BCUT2D eigenvalue weighted by Gasteiger charge is 2.30. The number of nitrogens with zero attached hydrogens (tertiary/aromatic N) is 3. The van der Waals surface area contributed by atoms with Crippen LogP contribution in [0.1, 0.15) is 10.4 Å². The average molecular weight is 410 g/mol. The molecule has 27 heavy (non-hydrogen) atoms. The van der Waals surface area contributed by atoms with Crippen LogP contribution in [0, 0.1) is 10.1 Å². The Bertz CT molecular complexity index is 970. The molecule has 10 heteroatoms. The lowest BCUT2D eigenvalue weighted by Gasteiger charge is -2.34. The fourth-order valence-electron chi connectivity index (χ4n) is 2.82. The number of hydrogen-bond acceptors (Lipinski definition) is 5. The van der Waals surface area contributed by atoms with Crippen LogP contribution in [-0.4, -0.2) is 54.6 Å². The van der Waals surface area contributed by atoms with E-state index in [-0.39, 0.29) is 48.2 Å². The molecule has 1 amide bonds. The molecular weight excluding hydrogens is 394 g/mol. The molecule has 0 unspecified atom stereocenters. The van der Waals surface area contributed by atoms with Gasteiger partial charge in [-0.1, -0.05) is 17.7 Å². The Morgan fingerprint density at radius 1 is 1.04 bits per heavy atom. The first-order valence-corrected chi connectivity index (χ1v) is 9.90. The van der Waals surface area contributed by atoms with Crippen LogP contribution in [0.4, 0.5) is 5.69 Å². The molecule has 1 aliphatic heterocycles. The summed E-state index contributed by atoms with van der Waals surface area (Å²) in [4.78, 5) is 24.5. The maximum atomic E-state index is 12.7. The quantitative estimate of drug-likeness (QED) is 0.570. The Hall–Kier alpha value is -2.49. The molecule has 1 fully saturated rings. The monoisotopic (exact) mass is 409 g/mol. The van der Waals surface area contributed by atoms with E-state index in [2.05, 4.69) is 0 Å². The van der Waals surface area contributed by atoms with E-state index in [1.807, 2.05) is 0 Å². The van der Waals surface area contributed by atoms with Crippen molar-refractivity contribution in [1.82, 2.24) is 9.21 Å². The van der Waals surface area contributed by atoms with Crippen LogP contribution in [0.3, 0.4) is 0 Å². The third-order valence-electron chi connectivity index (χ3n) is 4.28. The number of hydrogen-bond donors (Lipinski definition) is 0. The molecule has 3 rings (SSSR count). The van der Waals surface area contributed by atoms with Crippen molar-refractivity contribution in [1.29, 1.82) is 0 Å². The molecule has 1 heterocycles. The number of non-ortho nitro benzene ring substituents is 1. The second-order valence-corrected chi connectivity index (χ2v) is 8.33. The Morgan fingerprint density at radius 3 is 2.26 bits per heavy atom. The second-order valence-electron chi connectivity index (χ2n) is 5.96. The van der Waals surface area contributed by atoms with Gasteiger partial charge in [0, 0.05) is 48.9 Å². The van der Waals surface area contributed by atoms with Gasteiger partial charge in [0.2, 0.25) is 10.0 Å². The van der Waals surface area contributed by atoms with Gasteiger partial charge in [-0.05, 0) is 30.3 Å². The number of piperazine rings is 1. The lowest BCUT2D eigenvalue weighted by Crippen LogP contribution is -2.50. The minimum atomic E-state index is -3.66. The van der Waals surface area contributed by atoms with Crippen molar-refractivity contribution in [3.63, 3.8) is 0 Å². The molecule has 1 aliphatic rings. The Kier molecular flexibility index (Phi) is 5.45. The number of rotatable bonds is 4. The number of amides is 1. The summed E-state index contributed by atoms with van der Waals surface area (Å²) in [5.41, 5.74) is 0.0445. The molecular formula is C17H16ClN3O5S. The number of nitro groups is 1. The predicted molar refractivity (Wildman–Crippen MR) is 99.2 cm³/mol. The zero-order valence-corrected chi connectivity index (χ0v) is 15.7.